The molecular weight excluding hydrogens is 400 g/mol. The molecule has 3 aliphatic rings. The highest BCUT2D eigenvalue weighted by Gasteiger charge is 2.55. The molecule has 1 saturated carbocycles. The lowest BCUT2D eigenvalue weighted by Gasteiger charge is -2.36. The Morgan fingerprint density at radius 3 is 2.52 bits per heavy atom. The van der Waals surface area contributed by atoms with E-state index < -0.39 is 33.4 Å². The third-order valence-electron chi connectivity index (χ3n) is 6.24. The molecule has 2 saturated heterocycles. The van der Waals surface area contributed by atoms with Crippen molar-refractivity contribution in [3.63, 3.8) is 0 Å². The maximum atomic E-state index is 12.8. The number of fused-ring (bicyclic) bond motifs is 2. The number of piperidine rings is 1. The van der Waals surface area contributed by atoms with Gasteiger partial charge in [0.05, 0.1) is 30.2 Å². The topological polar surface area (TPSA) is 102 Å². The highest BCUT2D eigenvalue weighted by atomic mass is 32.3. The number of ether oxygens (including phenoxy) is 1. The Labute approximate surface area is 172 Å². The molecule has 0 unspecified atom stereocenters. The van der Waals surface area contributed by atoms with Gasteiger partial charge in [-0.05, 0) is 46.5 Å². The fourth-order valence-electron chi connectivity index (χ4n) is 4.55. The Bertz CT molecular complexity index is 790. The first kappa shape index (κ1) is 22.0. The smallest absolute Gasteiger partial charge is 0.421 e. The van der Waals surface area contributed by atoms with Crippen molar-refractivity contribution in [1.82, 2.24) is 9.96 Å². The summed E-state index contributed by atoms with van der Waals surface area (Å²) in [5, 5.41) is 0.900. The Hall–Kier alpha value is -1.65. The van der Waals surface area contributed by atoms with Gasteiger partial charge in [0.25, 0.3) is 0 Å². The molecule has 0 aromatic carbocycles. The van der Waals surface area contributed by atoms with Crippen LogP contribution in [0.4, 0.5) is 4.79 Å². The molecular formula is C19H30N2O7S. The number of esters is 1. The largest absolute Gasteiger partial charge is 0.465 e. The van der Waals surface area contributed by atoms with Gasteiger partial charge in [-0.2, -0.15) is 13.5 Å². The third kappa shape index (κ3) is 4.15. The van der Waals surface area contributed by atoms with Crippen LogP contribution in [0.1, 0.15) is 59.3 Å². The van der Waals surface area contributed by atoms with E-state index in [9.17, 15) is 18.0 Å². The van der Waals surface area contributed by atoms with Crippen molar-refractivity contribution in [2.24, 2.45) is 5.41 Å². The molecule has 2 amide bonds. The molecule has 2 heterocycles. The van der Waals surface area contributed by atoms with Crippen LogP contribution in [0.15, 0.2) is 12.2 Å². The first-order valence-corrected chi connectivity index (χ1v) is 11.4. The lowest BCUT2D eigenvalue weighted by molar-refractivity contribution is -0.157. The third-order valence-corrected chi connectivity index (χ3v) is 6.97. The first-order chi connectivity index (χ1) is 13.5. The van der Waals surface area contributed by atoms with Crippen LogP contribution in [-0.4, -0.2) is 61.7 Å². The number of carbonyl (C=O) groups excluding carboxylic acids is 2. The molecule has 0 aromatic heterocycles. The van der Waals surface area contributed by atoms with Gasteiger partial charge in [-0.3, -0.25) is 4.79 Å². The summed E-state index contributed by atoms with van der Waals surface area (Å²) in [5.41, 5.74) is -0.916. The first-order valence-electron chi connectivity index (χ1n) is 10.1. The molecule has 10 heteroatoms. The van der Waals surface area contributed by atoms with Crippen molar-refractivity contribution in [2.45, 2.75) is 70.9 Å². The fourth-order valence-corrected chi connectivity index (χ4v) is 5.39. The lowest BCUT2D eigenvalue weighted by Crippen LogP contribution is -2.47. The Balaban J connectivity index is 1.70. The van der Waals surface area contributed by atoms with E-state index in [1.807, 2.05) is 6.92 Å². The van der Waals surface area contributed by atoms with Crippen molar-refractivity contribution in [3.8, 4) is 0 Å². The van der Waals surface area contributed by atoms with Crippen LogP contribution in [0, 0.1) is 5.41 Å². The van der Waals surface area contributed by atoms with Crippen LogP contribution >= 0.6 is 0 Å². The number of hydrogen-bond acceptors (Lipinski definition) is 7. The number of amides is 2. The van der Waals surface area contributed by atoms with Crippen molar-refractivity contribution < 1.29 is 31.2 Å². The Morgan fingerprint density at radius 1 is 1.28 bits per heavy atom. The number of nitrogens with zero attached hydrogens (tertiary/aromatic N) is 2. The monoisotopic (exact) mass is 430 g/mol. The molecule has 3 fully saturated rings. The second-order valence-electron chi connectivity index (χ2n) is 8.56. The summed E-state index contributed by atoms with van der Waals surface area (Å²) in [7, 11) is -4.54. The lowest BCUT2D eigenvalue weighted by atomic mass is 9.87. The summed E-state index contributed by atoms with van der Waals surface area (Å²) < 4.78 is 40.4. The average Bonchev–Trinajstić information content (AvgIpc) is 3.20. The number of urea groups is 1. The van der Waals surface area contributed by atoms with Gasteiger partial charge in [0, 0.05) is 6.54 Å². The number of hydroxylamine groups is 2. The highest BCUT2D eigenvalue weighted by molar-refractivity contribution is 7.81. The quantitative estimate of drug-likeness (QED) is 0.431. The van der Waals surface area contributed by atoms with E-state index in [2.05, 4.69) is 6.58 Å². The van der Waals surface area contributed by atoms with Crippen LogP contribution in [0.25, 0.3) is 0 Å². The van der Waals surface area contributed by atoms with E-state index in [0.29, 0.717) is 32.2 Å². The van der Waals surface area contributed by atoms with E-state index in [1.54, 1.807) is 18.7 Å². The van der Waals surface area contributed by atoms with Crippen LogP contribution in [0.3, 0.4) is 0 Å². The Morgan fingerprint density at radius 2 is 1.93 bits per heavy atom. The van der Waals surface area contributed by atoms with Gasteiger partial charge in [-0.15, -0.1) is 4.28 Å². The van der Waals surface area contributed by atoms with Crippen molar-refractivity contribution in [2.75, 3.05) is 19.8 Å². The predicted molar refractivity (Wildman–Crippen MR) is 104 cm³/mol. The second-order valence-corrected chi connectivity index (χ2v) is 9.76. The van der Waals surface area contributed by atoms with Gasteiger partial charge < -0.3 is 9.64 Å². The molecule has 2 bridgehead atoms. The SMILES string of the molecule is C=C(C)[C@@H]1CC[C@]2(C)CN1C(=O)N2OS(=O)(=O)OCC1(C(=O)OCC)CCCC1. The second kappa shape index (κ2) is 7.88. The maximum absolute atomic E-state index is 12.8. The minimum Gasteiger partial charge on any atom is -0.465 e. The molecule has 2 atom stereocenters. The number of carbonyl (C=O) groups is 2. The number of hydrogen-bond donors (Lipinski definition) is 0. The molecule has 0 aromatic rings. The zero-order chi connectivity index (χ0) is 21.4. The van der Waals surface area contributed by atoms with E-state index in [1.165, 1.54) is 0 Å². The zero-order valence-electron chi connectivity index (χ0n) is 17.3. The summed E-state index contributed by atoms with van der Waals surface area (Å²) in [5.74, 6) is -0.455. The summed E-state index contributed by atoms with van der Waals surface area (Å²) in [4.78, 5) is 26.7. The molecule has 164 valence electrons. The molecule has 3 rings (SSSR count). The molecule has 0 radical (unpaired) electrons. The summed E-state index contributed by atoms with van der Waals surface area (Å²) in [6.07, 6.45) is 3.84. The van der Waals surface area contributed by atoms with Crippen LogP contribution in [-0.2, 0) is 28.4 Å². The van der Waals surface area contributed by atoms with Gasteiger partial charge in [-0.25, -0.2) is 8.98 Å². The van der Waals surface area contributed by atoms with Crippen LogP contribution < -0.4 is 0 Å². The number of rotatable bonds is 8. The van der Waals surface area contributed by atoms with Gasteiger partial charge in [-0.1, -0.05) is 25.0 Å². The Kier molecular flexibility index (Phi) is 5.99. The fraction of sp³-hybridized carbons (Fsp3) is 0.789. The normalized spacial score (nSPS) is 28.7. The van der Waals surface area contributed by atoms with Crippen LogP contribution in [0.2, 0.25) is 0 Å². The van der Waals surface area contributed by atoms with Crippen LogP contribution in [0.5, 0.6) is 0 Å². The average molecular weight is 431 g/mol. The minimum absolute atomic E-state index is 0.140. The van der Waals surface area contributed by atoms with E-state index >= 15 is 0 Å². The molecule has 2 aliphatic heterocycles. The van der Waals surface area contributed by atoms with Crippen molar-refractivity contribution in [3.05, 3.63) is 12.2 Å². The minimum atomic E-state index is -4.54. The molecule has 1 aliphatic carbocycles. The summed E-state index contributed by atoms with van der Waals surface area (Å²) in [6.45, 7) is 9.47. The zero-order valence-corrected chi connectivity index (χ0v) is 18.1. The van der Waals surface area contributed by atoms with E-state index in [0.717, 1.165) is 23.5 Å². The van der Waals surface area contributed by atoms with Gasteiger partial charge in [0.2, 0.25) is 0 Å². The molecule has 29 heavy (non-hydrogen) atoms. The van der Waals surface area contributed by atoms with Gasteiger partial charge in [0.15, 0.2) is 0 Å². The molecule has 9 nitrogen and oxygen atoms in total. The molecule has 0 N–H and O–H groups in total. The summed E-state index contributed by atoms with van der Waals surface area (Å²) in [6, 6.07) is -0.662. The standard InChI is InChI=1S/C19H30N2O7S/c1-5-26-16(22)19(9-6-7-10-19)13-27-29(24,25)28-21-17(23)20-12-18(21,4)11-8-15(20)14(2)3/h15H,2,5-13H2,1,3-4H3/t15-,18+/m0/s1. The predicted octanol–water partition coefficient (Wildman–Crippen LogP) is 2.54. The van der Waals surface area contributed by atoms with E-state index in [4.69, 9.17) is 13.2 Å². The molecule has 0 spiro atoms. The van der Waals surface area contributed by atoms with Crippen molar-refractivity contribution in [1.29, 1.82) is 0 Å². The van der Waals surface area contributed by atoms with Crippen molar-refractivity contribution >= 4 is 22.4 Å². The maximum Gasteiger partial charge on any atom is 0.421 e. The van der Waals surface area contributed by atoms with E-state index in [-0.39, 0.29) is 19.3 Å². The van der Waals surface area contributed by atoms with Gasteiger partial charge >= 0.3 is 22.4 Å². The summed E-state index contributed by atoms with van der Waals surface area (Å²) >= 11 is 0. The highest BCUT2D eigenvalue weighted by Crippen LogP contribution is 2.42. The van der Waals surface area contributed by atoms with Gasteiger partial charge in [0.1, 0.15) is 0 Å².